The molecule has 0 saturated carbocycles. The van der Waals surface area contributed by atoms with E-state index in [-0.39, 0.29) is 12.2 Å². The number of ether oxygens (including phenoxy) is 3. The molecule has 8 heteroatoms. The quantitative estimate of drug-likeness (QED) is 0.0993. The van der Waals surface area contributed by atoms with Gasteiger partial charge < -0.3 is 33.3 Å². The van der Waals surface area contributed by atoms with Gasteiger partial charge in [0.25, 0.3) is 0 Å². The second kappa shape index (κ2) is 15.9. The number of hydrogen-bond acceptors (Lipinski definition) is 8. The lowest BCUT2D eigenvalue weighted by molar-refractivity contribution is -0.118. The molecule has 42 heavy (non-hydrogen) atoms. The maximum Gasteiger partial charge on any atom is 0.336 e. The molecule has 8 nitrogen and oxygen atoms in total. The molecule has 0 fully saturated rings. The summed E-state index contributed by atoms with van der Waals surface area (Å²) in [6, 6.07) is 4.51. The first-order valence-electron chi connectivity index (χ1n) is 14.2. The molecular weight excluding hydrogens is 536 g/mol. The largest absolute Gasteiger partial charge is 0.492 e. The van der Waals surface area contributed by atoms with Crippen molar-refractivity contribution in [3.05, 3.63) is 59.7 Å². The van der Waals surface area contributed by atoms with Crippen LogP contribution in [0.15, 0.2) is 62.9 Å². The molecule has 0 radical (unpaired) electrons. The monoisotopic (exact) mass is 576 g/mol. The number of benzene rings is 1. The highest BCUT2D eigenvalue weighted by atomic mass is 16.5. The fraction of sp³-hybridized carbons (Fsp3) is 0.441. The van der Waals surface area contributed by atoms with Crippen LogP contribution >= 0.6 is 0 Å². The third kappa shape index (κ3) is 8.77. The van der Waals surface area contributed by atoms with Crippen LogP contribution in [0.25, 0.3) is 21.9 Å². The Labute approximate surface area is 246 Å². The first-order valence-corrected chi connectivity index (χ1v) is 14.2. The van der Waals surface area contributed by atoms with Crippen LogP contribution in [0, 0.1) is 23.7 Å². The van der Waals surface area contributed by atoms with Crippen LogP contribution in [-0.4, -0.2) is 47.8 Å². The summed E-state index contributed by atoms with van der Waals surface area (Å²) in [4.78, 5) is 11.9. The topological polar surface area (TPSA) is 112 Å². The van der Waals surface area contributed by atoms with Gasteiger partial charge in [-0.25, -0.2) is 4.79 Å². The van der Waals surface area contributed by atoms with Crippen LogP contribution in [0.3, 0.4) is 0 Å². The standard InChI is InChI=1S/C34H40O8/c1-6-8-9-10-11-12-13-16-24(35)17-14-15-18-25(7-2)42-34(3,4)28(36)23-40-32-26-19-20-29(37)41-33(26)30(38-5)27-21-22-39-31(27)32/h7,13,16,19-22,24-25,28,35-36H,2,6,8-12,23H2,1,3-5H3/b16-13-. The summed E-state index contributed by atoms with van der Waals surface area (Å²) in [6.45, 7) is 9.19. The second-order valence-electron chi connectivity index (χ2n) is 10.3. The number of fused-ring (bicyclic) bond motifs is 2. The average Bonchev–Trinajstić information content (AvgIpc) is 3.45. The Balaban J connectivity index is 1.62. The third-order valence-electron chi connectivity index (χ3n) is 6.73. The molecule has 1 aromatic carbocycles. The van der Waals surface area contributed by atoms with Crippen LogP contribution in [-0.2, 0) is 4.74 Å². The average molecular weight is 577 g/mol. The first-order chi connectivity index (χ1) is 20.2. The zero-order chi connectivity index (χ0) is 30.5. The minimum Gasteiger partial charge on any atom is -0.492 e. The molecule has 2 N–H and O–H groups in total. The van der Waals surface area contributed by atoms with E-state index >= 15 is 0 Å². The van der Waals surface area contributed by atoms with Crippen LogP contribution < -0.4 is 15.1 Å². The third-order valence-corrected chi connectivity index (χ3v) is 6.73. The summed E-state index contributed by atoms with van der Waals surface area (Å²) < 4.78 is 28.5. The van der Waals surface area contributed by atoms with Gasteiger partial charge in [0.15, 0.2) is 22.7 Å². The van der Waals surface area contributed by atoms with Gasteiger partial charge in [0.05, 0.1) is 29.7 Å². The number of allylic oxidation sites excluding steroid dienone is 1. The van der Waals surface area contributed by atoms with Crippen molar-refractivity contribution in [3.8, 4) is 35.2 Å². The Morgan fingerprint density at radius 2 is 1.76 bits per heavy atom. The number of aliphatic hydroxyl groups excluding tert-OH is 2. The zero-order valence-corrected chi connectivity index (χ0v) is 24.8. The van der Waals surface area contributed by atoms with Crippen molar-refractivity contribution in [2.75, 3.05) is 13.7 Å². The van der Waals surface area contributed by atoms with Crippen molar-refractivity contribution < 1.29 is 33.3 Å². The number of hydrogen-bond donors (Lipinski definition) is 2. The van der Waals surface area contributed by atoms with Crippen LogP contribution in [0.5, 0.6) is 11.5 Å². The predicted octanol–water partition coefficient (Wildman–Crippen LogP) is 5.92. The summed E-state index contributed by atoms with van der Waals surface area (Å²) in [7, 11) is 1.47. The highest BCUT2D eigenvalue weighted by Gasteiger charge is 2.32. The van der Waals surface area contributed by atoms with E-state index in [2.05, 4.69) is 37.2 Å². The molecule has 224 valence electrons. The van der Waals surface area contributed by atoms with E-state index < -0.39 is 29.5 Å². The first kappa shape index (κ1) is 32.6. The van der Waals surface area contributed by atoms with Gasteiger partial charge in [-0.2, -0.15) is 0 Å². The lowest BCUT2D eigenvalue weighted by Gasteiger charge is -2.32. The van der Waals surface area contributed by atoms with E-state index in [9.17, 15) is 15.0 Å². The highest BCUT2D eigenvalue weighted by molar-refractivity contribution is 6.06. The number of methoxy groups -OCH3 is 1. The Kier molecular flexibility index (Phi) is 12.3. The van der Waals surface area contributed by atoms with Crippen molar-refractivity contribution >= 4 is 21.9 Å². The molecule has 2 aromatic heterocycles. The molecular formula is C34H40O8. The van der Waals surface area contributed by atoms with Gasteiger partial charge in [0.1, 0.15) is 24.9 Å². The lowest BCUT2D eigenvalue weighted by atomic mass is 10.0. The second-order valence-corrected chi connectivity index (χ2v) is 10.3. The van der Waals surface area contributed by atoms with Crippen molar-refractivity contribution in [1.29, 1.82) is 0 Å². The summed E-state index contributed by atoms with van der Waals surface area (Å²) in [5.74, 6) is 11.5. The van der Waals surface area contributed by atoms with Crippen molar-refractivity contribution in [2.45, 2.75) is 83.2 Å². The Morgan fingerprint density at radius 1 is 1.02 bits per heavy atom. The Hall–Kier alpha value is -3.95. The highest BCUT2D eigenvalue weighted by Crippen LogP contribution is 2.42. The van der Waals surface area contributed by atoms with E-state index in [1.807, 2.05) is 6.08 Å². The van der Waals surface area contributed by atoms with Gasteiger partial charge in [0.2, 0.25) is 0 Å². The Morgan fingerprint density at radius 3 is 2.50 bits per heavy atom. The van der Waals surface area contributed by atoms with Gasteiger partial charge in [0, 0.05) is 6.07 Å². The number of furan rings is 1. The number of unbranched alkanes of at least 4 members (excludes halogenated alkanes) is 5. The SMILES string of the molecule is C=CC(C#CC#CC(O)/C=C\CCCCCCC)OC(C)(C)C(O)COc1c2ccc(=O)oc2c(OC)c2ccoc12. The van der Waals surface area contributed by atoms with Crippen molar-refractivity contribution in [1.82, 2.24) is 0 Å². The lowest BCUT2D eigenvalue weighted by Crippen LogP contribution is -2.44. The fourth-order valence-corrected chi connectivity index (χ4v) is 4.28. The molecule has 0 spiro atoms. The maximum atomic E-state index is 11.9. The van der Waals surface area contributed by atoms with E-state index in [4.69, 9.17) is 23.0 Å². The molecule has 0 amide bonds. The van der Waals surface area contributed by atoms with Gasteiger partial charge in [-0.1, -0.05) is 63.2 Å². The number of aliphatic hydroxyl groups is 2. The van der Waals surface area contributed by atoms with Crippen molar-refractivity contribution in [3.63, 3.8) is 0 Å². The molecule has 3 unspecified atom stereocenters. The van der Waals surface area contributed by atoms with E-state index in [1.54, 1.807) is 32.1 Å². The van der Waals surface area contributed by atoms with Gasteiger partial charge in [-0.3, -0.25) is 0 Å². The smallest absolute Gasteiger partial charge is 0.336 e. The summed E-state index contributed by atoms with van der Waals surface area (Å²) >= 11 is 0. The molecule has 3 atom stereocenters. The van der Waals surface area contributed by atoms with Gasteiger partial charge >= 0.3 is 5.63 Å². The summed E-state index contributed by atoms with van der Waals surface area (Å²) in [6.07, 6.45) is 10.8. The van der Waals surface area contributed by atoms with Gasteiger partial charge in [-0.05, 0) is 56.7 Å². The minimum absolute atomic E-state index is 0.169. The normalized spacial score (nSPS) is 13.7. The van der Waals surface area contributed by atoms with Crippen LogP contribution in [0.1, 0.15) is 59.3 Å². The minimum atomic E-state index is -1.10. The van der Waals surface area contributed by atoms with Crippen LogP contribution in [0.2, 0.25) is 0 Å². The number of rotatable bonds is 15. The van der Waals surface area contributed by atoms with Gasteiger partial charge in [-0.15, -0.1) is 0 Å². The molecule has 0 saturated heterocycles. The molecule has 0 aliphatic carbocycles. The maximum absolute atomic E-state index is 11.9. The predicted molar refractivity (Wildman–Crippen MR) is 164 cm³/mol. The summed E-state index contributed by atoms with van der Waals surface area (Å²) in [5, 5.41) is 22.0. The molecule has 3 aromatic rings. The fourth-order valence-electron chi connectivity index (χ4n) is 4.28. The molecule has 0 aliphatic rings. The Bertz CT molecular complexity index is 1540. The van der Waals surface area contributed by atoms with E-state index in [0.717, 1.165) is 12.8 Å². The molecule has 2 heterocycles. The van der Waals surface area contributed by atoms with E-state index in [1.165, 1.54) is 51.2 Å². The molecule has 3 rings (SSSR count). The van der Waals surface area contributed by atoms with Crippen LogP contribution in [0.4, 0.5) is 0 Å². The summed E-state index contributed by atoms with van der Waals surface area (Å²) in [5.41, 5.74) is -1.04. The molecule has 0 aliphatic heterocycles. The van der Waals surface area contributed by atoms with E-state index in [0.29, 0.717) is 27.9 Å². The van der Waals surface area contributed by atoms with Crippen molar-refractivity contribution in [2.24, 2.45) is 0 Å². The molecule has 0 bridgehead atoms. The zero-order valence-electron chi connectivity index (χ0n) is 24.8.